The summed E-state index contributed by atoms with van der Waals surface area (Å²) in [6.45, 7) is 12.0. The van der Waals surface area contributed by atoms with Crippen molar-refractivity contribution < 1.29 is 0 Å². The van der Waals surface area contributed by atoms with Gasteiger partial charge in [0.05, 0.1) is 0 Å². The Balaban J connectivity index is 2.44. The van der Waals surface area contributed by atoms with Crippen LogP contribution in [0.5, 0.6) is 0 Å². The normalized spacial score (nSPS) is 30.9. The molecule has 0 bridgehead atoms. The summed E-state index contributed by atoms with van der Waals surface area (Å²) in [5.41, 5.74) is 1.37. The van der Waals surface area contributed by atoms with Crippen molar-refractivity contribution in [3.63, 3.8) is 0 Å². The lowest BCUT2D eigenvalue weighted by Gasteiger charge is -2.26. The van der Waals surface area contributed by atoms with Gasteiger partial charge in [0.1, 0.15) is 0 Å². The molecule has 1 saturated heterocycles. The summed E-state index contributed by atoms with van der Waals surface area (Å²) in [6, 6.07) is 1.53. The van der Waals surface area contributed by atoms with Gasteiger partial charge in [0.25, 0.3) is 0 Å². The molecule has 1 fully saturated rings. The Hall–Kier alpha value is -0.300. The van der Waals surface area contributed by atoms with E-state index in [9.17, 15) is 0 Å². The maximum Gasteiger partial charge on any atom is 0.0195 e. The maximum atomic E-state index is 4.06. The zero-order valence-electron chi connectivity index (χ0n) is 8.64. The molecule has 0 spiro atoms. The molecule has 0 aliphatic carbocycles. The average molecular weight is 167 g/mol. The molecule has 0 radical (unpaired) electrons. The van der Waals surface area contributed by atoms with Gasteiger partial charge < -0.3 is 0 Å². The van der Waals surface area contributed by atoms with Gasteiger partial charge in [-0.3, -0.25) is 4.90 Å². The van der Waals surface area contributed by atoms with Crippen LogP contribution < -0.4 is 0 Å². The predicted octanol–water partition coefficient (Wildman–Crippen LogP) is 2.83. The number of likely N-dealkylation sites (tertiary alicyclic amines) is 1. The third-order valence-electron chi connectivity index (χ3n) is 3.04. The molecule has 1 rings (SSSR count). The van der Waals surface area contributed by atoms with Crippen LogP contribution in [0.2, 0.25) is 0 Å². The van der Waals surface area contributed by atoms with E-state index in [0.29, 0.717) is 0 Å². The highest BCUT2D eigenvalue weighted by molar-refractivity contribution is 4.99. The van der Waals surface area contributed by atoms with Gasteiger partial charge in [-0.05, 0) is 33.1 Å². The molecular weight excluding hydrogens is 146 g/mol. The van der Waals surface area contributed by atoms with Gasteiger partial charge in [0.15, 0.2) is 0 Å². The third-order valence-corrected chi connectivity index (χ3v) is 3.04. The van der Waals surface area contributed by atoms with Gasteiger partial charge in [0.2, 0.25) is 0 Å². The first-order valence-corrected chi connectivity index (χ1v) is 5.07. The Morgan fingerprint density at radius 1 is 1.33 bits per heavy atom. The van der Waals surface area contributed by atoms with Crippen LogP contribution in [-0.2, 0) is 0 Å². The lowest BCUT2D eigenvalue weighted by Crippen LogP contribution is -2.34. The van der Waals surface area contributed by atoms with Gasteiger partial charge >= 0.3 is 0 Å². The first-order chi connectivity index (χ1) is 5.65. The summed E-state index contributed by atoms with van der Waals surface area (Å²) in [7, 11) is 0. The van der Waals surface area contributed by atoms with Crippen LogP contribution in [-0.4, -0.2) is 23.5 Å². The zero-order chi connectivity index (χ0) is 9.14. The molecular formula is C11H21N. The van der Waals surface area contributed by atoms with Crippen LogP contribution in [0.3, 0.4) is 0 Å². The van der Waals surface area contributed by atoms with E-state index in [2.05, 4.69) is 32.3 Å². The Bertz CT molecular complexity index is 152. The van der Waals surface area contributed by atoms with E-state index in [4.69, 9.17) is 0 Å². The molecule has 0 aromatic rings. The first kappa shape index (κ1) is 9.79. The second kappa shape index (κ2) is 4.08. The lowest BCUT2D eigenvalue weighted by molar-refractivity contribution is 0.232. The largest absolute Gasteiger partial charge is 0.294 e. The van der Waals surface area contributed by atoms with E-state index in [0.717, 1.165) is 25.0 Å². The van der Waals surface area contributed by atoms with Gasteiger partial charge in [-0.2, -0.15) is 0 Å². The quantitative estimate of drug-likeness (QED) is 0.584. The molecule has 0 amide bonds. The fourth-order valence-electron chi connectivity index (χ4n) is 1.93. The monoisotopic (exact) mass is 167 g/mol. The minimum Gasteiger partial charge on any atom is -0.294 e. The zero-order valence-corrected chi connectivity index (χ0v) is 8.64. The molecule has 0 aromatic heterocycles. The third kappa shape index (κ3) is 2.10. The van der Waals surface area contributed by atoms with Crippen LogP contribution in [0.4, 0.5) is 0 Å². The molecule has 0 aromatic carbocycles. The van der Waals surface area contributed by atoms with Crippen molar-refractivity contribution in [1.29, 1.82) is 0 Å². The summed E-state index contributed by atoms with van der Waals surface area (Å²) >= 11 is 0. The van der Waals surface area contributed by atoms with Crippen molar-refractivity contribution in [2.24, 2.45) is 0 Å². The van der Waals surface area contributed by atoms with Crippen molar-refractivity contribution in [2.75, 3.05) is 6.54 Å². The number of rotatable bonds is 3. The molecule has 0 N–H and O–H groups in total. The molecule has 70 valence electrons. The molecule has 0 saturated carbocycles. The van der Waals surface area contributed by atoms with E-state index in [1.165, 1.54) is 18.4 Å². The molecule has 2 unspecified atom stereocenters. The van der Waals surface area contributed by atoms with Gasteiger partial charge in [0, 0.05) is 18.6 Å². The predicted molar refractivity (Wildman–Crippen MR) is 54.3 cm³/mol. The van der Waals surface area contributed by atoms with Crippen molar-refractivity contribution in [2.45, 2.75) is 52.1 Å². The van der Waals surface area contributed by atoms with Gasteiger partial charge in [-0.1, -0.05) is 19.1 Å². The van der Waals surface area contributed by atoms with Crippen molar-refractivity contribution in [3.05, 3.63) is 12.2 Å². The molecule has 12 heavy (non-hydrogen) atoms. The standard InChI is InChI=1S/C11H21N/c1-5-9(2)8-12-10(3)6-7-11(12)4/h10-11H,2,5-8H2,1,3-4H3. The van der Waals surface area contributed by atoms with Crippen molar-refractivity contribution in [1.82, 2.24) is 4.90 Å². The Kier molecular flexibility index (Phi) is 3.33. The van der Waals surface area contributed by atoms with E-state index in [-0.39, 0.29) is 0 Å². The minimum atomic E-state index is 0.767. The fourth-order valence-corrected chi connectivity index (χ4v) is 1.93. The highest BCUT2D eigenvalue weighted by atomic mass is 15.2. The van der Waals surface area contributed by atoms with Gasteiger partial charge in [-0.15, -0.1) is 0 Å². The topological polar surface area (TPSA) is 3.24 Å². The second-order valence-corrected chi connectivity index (χ2v) is 4.05. The fraction of sp³-hybridized carbons (Fsp3) is 0.818. The summed E-state index contributed by atoms with van der Waals surface area (Å²) in [6.07, 6.45) is 3.84. The Labute approximate surface area is 76.5 Å². The first-order valence-electron chi connectivity index (χ1n) is 5.07. The number of hydrogen-bond acceptors (Lipinski definition) is 1. The second-order valence-electron chi connectivity index (χ2n) is 4.05. The summed E-state index contributed by atoms with van der Waals surface area (Å²) in [5, 5.41) is 0. The summed E-state index contributed by atoms with van der Waals surface area (Å²) < 4.78 is 0. The van der Waals surface area contributed by atoms with Crippen LogP contribution in [0.1, 0.15) is 40.0 Å². The maximum absolute atomic E-state index is 4.06. The average Bonchev–Trinajstić information content (AvgIpc) is 2.35. The van der Waals surface area contributed by atoms with Crippen LogP contribution >= 0.6 is 0 Å². The molecule has 2 atom stereocenters. The Morgan fingerprint density at radius 2 is 1.83 bits per heavy atom. The molecule has 1 aliphatic heterocycles. The van der Waals surface area contributed by atoms with Crippen LogP contribution in [0.15, 0.2) is 12.2 Å². The minimum absolute atomic E-state index is 0.767. The SMILES string of the molecule is C=C(CC)CN1C(C)CCC1C. The van der Waals surface area contributed by atoms with Crippen LogP contribution in [0.25, 0.3) is 0 Å². The van der Waals surface area contributed by atoms with E-state index in [1.54, 1.807) is 0 Å². The smallest absolute Gasteiger partial charge is 0.0195 e. The summed E-state index contributed by atoms with van der Waals surface area (Å²) in [4.78, 5) is 2.58. The highest BCUT2D eigenvalue weighted by Gasteiger charge is 2.26. The van der Waals surface area contributed by atoms with Crippen molar-refractivity contribution in [3.8, 4) is 0 Å². The van der Waals surface area contributed by atoms with E-state index in [1.807, 2.05) is 0 Å². The molecule has 1 heterocycles. The molecule has 1 aliphatic rings. The van der Waals surface area contributed by atoms with Crippen molar-refractivity contribution >= 4 is 0 Å². The van der Waals surface area contributed by atoms with E-state index >= 15 is 0 Å². The van der Waals surface area contributed by atoms with E-state index < -0.39 is 0 Å². The number of nitrogens with zero attached hydrogens (tertiary/aromatic N) is 1. The number of hydrogen-bond donors (Lipinski definition) is 0. The lowest BCUT2D eigenvalue weighted by atomic mass is 10.2. The van der Waals surface area contributed by atoms with Gasteiger partial charge in [-0.25, -0.2) is 0 Å². The Morgan fingerprint density at radius 3 is 2.25 bits per heavy atom. The van der Waals surface area contributed by atoms with Crippen LogP contribution in [0, 0.1) is 0 Å². The summed E-state index contributed by atoms with van der Waals surface area (Å²) in [5.74, 6) is 0. The highest BCUT2D eigenvalue weighted by Crippen LogP contribution is 2.24. The molecule has 1 heteroatoms. The molecule has 1 nitrogen and oxygen atoms in total.